The van der Waals surface area contributed by atoms with Crippen molar-refractivity contribution in [3.8, 4) is 17.2 Å². The summed E-state index contributed by atoms with van der Waals surface area (Å²) in [6.45, 7) is 4.24. The molecule has 2 aromatic carbocycles. The van der Waals surface area contributed by atoms with Gasteiger partial charge in [0.05, 0.1) is 19.3 Å². The fraction of sp³-hybridized carbons (Fsp3) is 0.333. The molecule has 1 amide bonds. The van der Waals surface area contributed by atoms with Crippen LogP contribution in [0, 0.1) is 0 Å². The largest absolute Gasteiger partial charge is 0.497 e. The molecule has 162 valence electrons. The minimum absolute atomic E-state index is 0.00862. The highest BCUT2D eigenvalue weighted by Gasteiger charge is 2.23. The first-order chi connectivity index (χ1) is 15.1. The van der Waals surface area contributed by atoms with E-state index in [2.05, 4.69) is 22.2 Å². The number of hydrogen-bond donors (Lipinski definition) is 1. The van der Waals surface area contributed by atoms with Crippen LogP contribution in [0.25, 0.3) is 5.69 Å². The molecule has 7 heteroatoms. The van der Waals surface area contributed by atoms with Gasteiger partial charge in [-0.3, -0.25) is 9.69 Å². The summed E-state index contributed by atoms with van der Waals surface area (Å²) in [6, 6.07) is 15.7. The fourth-order valence-electron chi connectivity index (χ4n) is 3.75. The molecule has 0 spiro atoms. The smallest absolute Gasteiger partial charge is 0.234 e. The monoisotopic (exact) mass is 420 g/mol. The summed E-state index contributed by atoms with van der Waals surface area (Å²) >= 11 is 0. The third-order valence-corrected chi connectivity index (χ3v) is 5.41. The van der Waals surface area contributed by atoms with E-state index in [0.717, 1.165) is 34.7 Å². The molecule has 1 atom stereocenters. The van der Waals surface area contributed by atoms with Gasteiger partial charge >= 0.3 is 0 Å². The number of ether oxygens (including phenoxy) is 2. The second kappa shape index (κ2) is 9.66. The first kappa shape index (κ1) is 20.9. The van der Waals surface area contributed by atoms with Gasteiger partial charge in [0.2, 0.25) is 5.91 Å². The lowest BCUT2D eigenvalue weighted by Gasteiger charge is -2.22. The molecule has 0 radical (unpaired) electrons. The second-order valence-corrected chi connectivity index (χ2v) is 7.69. The minimum Gasteiger partial charge on any atom is -0.497 e. The summed E-state index contributed by atoms with van der Waals surface area (Å²) in [5.41, 5.74) is 3.04. The number of rotatable bonds is 7. The summed E-state index contributed by atoms with van der Waals surface area (Å²) in [5.74, 6) is 1.65. The molecule has 2 heterocycles. The number of methoxy groups -OCH3 is 1. The van der Waals surface area contributed by atoms with E-state index in [0.29, 0.717) is 26.2 Å². The summed E-state index contributed by atoms with van der Waals surface area (Å²) < 4.78 is 13.3. The molecule has 0 saturated heterocycles. The Morgan fingerprint density at radius 3 is 2.94 bits per heavy atom. The Morgan fingerprint density at radius 2 is 2.16 bits per heavy atom. The molecule has 1 aliphatic heterocycles. The summed E-state index contributed by atoms with van der Waals surface area (Å²) in [7, 11) is 1.65. The number of nitrogens with one attached hydrogen (secondary N) is 1. The lowest BCUT2D eigenvalue weighted by molar-refractivity contribution is -0.122. The van der Waals surface area contributed by atoms with Gasteiger partial charge in [-0.1, -0.05) is 19.1 Å². The molecule has 31 heavy (non-hydrogen) atoms. The molecule has 7 nitrogen and oxygen atoms in total. The van der Waals surface area contributed by atoms with Crippen molar-refractivity contribution in [2.75, 3.05) is 20.2 Å². The van der Waals surface area contributed by atoms with E-state index in [9.17, 15) is 4.79 Å². The maximum absolute atomic E-state index is 12.7. The minimum atomic E-state index is -0.00862. The molecule has 3 aromatic rings. The molecule has 0 fully saturated rings. The highest BCUT2D eigenvalue weighted by atomic mass is 16.5. The maximum atomic E-state index is 12.7. The molecule has 1 aliphatic rings. The topological polar surface area (TPSA) is 68.6 Å². The number of carbonyl (C=O) groups excluding carboxylic acids is 1. The number of amides is 1. The summed E-state index contributed by atoms with van der Waals surface area (Å²) in [6.07, 6.45) is 4.57. The van der Waals surface area contributed by atoms with Gasteiger partial charge in [-0.25, -0.2) is 4.68 Å². The van der Waals surface area contributed by atoms with Crippen LogP contribution in [-0.2, 0) is 17.9 Å². The number of benzene rings is 2. The molecule has 0 saturated carbocycles. The number of nitrogens with zero attached hydrogens (tertiary/aromatic N) is 3. The van der Waals surface area contributed by atoms with Crippen LogP contribution >= 0.6 is 0 Å². The number of aromatic nitrogens is 2. The Morgan fingerprint density at radius 1 is 1.26 bits per heavy atom. The molecule has 1 unspecified atom stereocenters. The zero-order chi connectivity index (χ0) is 21.6. The second-order valence-electron chi connectivity index (χ2n) is 7.69. The molecular weight excluding hydrogens is 392 g/mol. The van der Waals surface area contributed by atoms with Crippen molar-refractivity contribution < 1.29 is 14.3 Å². The lowest BCUT2D eigenvalue weighted by Crippen LogP contribution is -2.40. The van der Waals surface area contributed by atoms with E-state index < -0.39 is 0 Å². The summed E-state index contributed by atoms with van der Waals surface area (Å²) in [4.78, 5) is 14.8. The summed E-state index contributed by atoms with van der Waals surface area (Å²) in [5, 5.41) is 7.30. The van der Waals surface area contributed by atoms with Crippen molar-refractivity contribution in [2.24, 2.45) is 0 Å². The van der Waals surface area contributed by atoms with Crippen molar-refractivity contribution >= 4 is 5.91 Å². The van der Waals surface area contributed by atoms with Crippen molar-refractivity contribution in [2.45, 2.75) is 32.5 Å². The lowest BCUT2D eigenvalue weighted by atomic mass is 10.1. The first-order valence-electron chi connectivity index (χ1n) is 10.6. The fourth-order valence-corrected chi connectivity index (χ4v) is 3.75. The van der Waals surface area contributed by atoms with Gasteiger partial charge in [0, 0.05) is 37.6 Å². The van der Waals surface area contributed by atoms with Crippen molar-refractivity contribution in [1.29, 1.82) is 0 Å². The number of carbonyl (C=O) groups is 1. The van der Waals surface area contributed by atoms with Crippen LogP contribution in [-0.4, -0.2) is 46.9 Å². The van der Waals surface area contributed by atoms with Crippen molar-refractivity contribution in [3.63, 3.8) is 0 Å². The van der Waals surface area contributed by atoms with E-state index in [1.165, 1.54) is 0 Å². The Bertz CT molecular complexity index is 1020. The highest BCUT2D eigenvalue weighted by molar-refractivity contribution is 5.78. The average molecular weight is 421 g/mol. The van der Waals surface area contributed by atoms with Crippen LogP contribution in [0.3, 0.4) is 0 Å². The van der Waals surface area contributed by atoms with E-state index >= 15 is 0 Å². The van der Waals surface area contributed by atoms with Gasteiger partial charge in [-0.15, -0.1) is 0 Å². The van der Waals surface area contributed by atoms with Gasteiger partial charge < -0.3 is 14.8 Å². The molecule has 1 aromatic heterocycles. The van der Waals surface area contributed by atoms with Crippen molar-refractivity contribution in [1.82, 2.24) is 20.0 Å². The third kappa shape index (κ3) is 5.24. The zero-order valence-electron chi connectivity index (χ0n) is 18.0. The SMILES string of the molecule is CCC1CN(CC(=O)NCc2cccc(-n3cccn3)c2)Cc2cc(OC)ccc2O1. The van der Waals surface area contributed by atoms with Gasteiger partial charge in [0.1, 0.15) is 17.6 Å². The predicted octanol–water partition coefficient (Wildman–Crippen LogP) is 3.17. The molecular formula is C24H28N4O3. The Balaban J connectivity index is 1.39. The van der Waals surface area contributed by atoms with Gasteiger partial charge in [0.25, 0.3) is 0 Å². The van der Waals surface area contributed by atoms with Crippen LogP contribution in [0.1, 0.15) is 24.5 Å². The number of hydrogen-bond acceptors (Lipinski definition) is 5. The van der Waals surface area contributed by atoms with Crippen LogP contribution < -0.4 is 14.8 Å². The van der Waals surface area contributed by atoms with Crippen LogP contribution in [0.5, 0.6) is 11.5 Å². The Kier molecular flexibility index (Phi) is 6.52. The van der Waals surface area contributed by atoms with E-state index in [1.807, 2.05) is 54.7 Å². The molecule has 0 aliphatic carbocycles. The highest BCUT2D eigenvalue weighted by Crippen LogP contribution is 2.29. The number of fused-ring (bicyclic) bond motifs is 1. The molecule has 0 bridgehead atoms. The van der Waals surface area contributed by atoms with E-state index in [-0.39, 0.29) is 12.0 Å². The average Bonchev–Trinajstić information content (AvgIpc) is 3.27. The van der Waals surface area contributed by atoms with E-state index in [4.69, 9.17) is 9.47 Å². The Labute approximate surface area is 182 Å². The zero-order valence-corrected chi connectivity index (χ0v) is 18.0. The molecule has 4 rings (SSSR count). The van der Waals surface area contributed by atoms with E-state index in [1.54, 1.807) is 18.0 Å². The van der Waals surface area contributed by atoms with Gasteiger partial charge in [-0.05, 0) is 48.4 Å². The van der Waals surface area contributed by atoms with Crippen LogP contribution in [0.15, 0.2) is 60.9 Å². The van der Waals surface area contributed by atoms with Gasteiger partial charge in [-0.2, -0.15) is 5.10 Å². The van der Waals surface area contributed by atoms with Crippen molar-refractivity contribution in [3.05, 3.63) is 72.1 Å². The normalized spacial score (nSPS) is 16.1. The first-order valence-corrected chi connectivity index (χ1v) is 10.6. The van der Waals surface area contributed by atoms with Crippen LogP contribution in [0.4, 0.5) is 0 Å². The predicted molar refractivity (Wildman–Crippen MR) is 118 cm³/mol. The Hall–Kier alpha value is -3.32. The molecule has 1 N–H and O–H groups in total. The van der Waals surface area contributed by atoms with Crippen LogP contribution in [0.2, 0.25) is 0 Å². The van der Waals surface area contributed by atoms with Gasteiger partial charge in [0.15, 0.2) is 0 Å². The quantitative estimate of drug-likeness (QED) is 0.636. The maximum Gasteiger partial charge on any atom is 0.234 e. The standard InChI is InChI=1S/C24H28N4O3/c1-3-21-16-27(15-19-13-22(30-2)8-9-23(19)31-21)17-24(29)25-14-18-6-4-7-20(12-18)28-11-5-10-26-28/h4-13,21H,3,14-17H2,1-2H3,(H,25,29). The third-order valence-electron chi connectivity index (χ3n) is 5.41.